The minimum Gasteiger partial charge on any atom is -0.341 e. The SMILES string of the molecule is Cc1cc(C)n(CCC(=O)N2CCCN(Cc3cnn(C)c3)CC2)n1. The molecule has 0 bridgehead atoms. The van der Waals surface area contributed by atoms with Crippen molar-refractivity contribution in [2.75, 3.05) is 26.2 Å². The van der Waals surface area contributed by atoms with E-state index in [0.717, 1.165) is 50.5 Å². The Morgan fingerprint density at radius 2 is 2.04 bits per heavy atom. The summed E-state index contributed by atoms with van der Waals surface area (Å²) in [6.07, 6.45) is 5.51. The molecule has 7 heteroatoms. The highest BCUT2D eigenvalue weighted by atomic mass is 16.2. The summed E-state index contributed by atoms with van der Waals surface area (Å²) in [5.41, 5.74) is 3.35. The molecule has 0 aliphatic carbocycles. The summed E-state index contributed by atoms with van der Waals surface area (Å²) in [6, 6.07) is 2.05. The first-order chi connectivity index (χ1) is 12.0. The Morgan fingerprint density at radius 1 is 1.20 bits per heavy atom. The lowest BCUT2D eigenvalue weighted by Crippen LogP contribution is -2.35. The fraction of sp³-hybridized carbons (Fsp3) is 0.611. The van der Waals surface area contributed by atoms with Crippen LogP contribution in [-0.2, 0) is 24.9 Å². The van der Waals surface area contributed by atoms with E-state index in [1.807, 2.05) is 47.4 Å². The molecule has 1 aliphatic heterocycles. The molecule has 136 valence electrons. The lowest BCUT2D eigenvalue weighted by molar-refractivity contribution is -0.131. The van der Waals surface area contributed by atoms with Crippen LogP contribution in [0.5, 0.6) is 0 Å². The van der Waals surface area contributed by atoms with Crippen molar-refractivity contribution in [3.63, 3.8) is 0 Å². The van der Waals surface area contributed by atoms with E-state index in [9.17, 15) is 4.79 Å². The van der Waals surface area contributed by atoms with Crippen LogP contribution < -0.4 is 0 Å². The van der Waals surface area contributed by atoms with E-state index in [4.69, 9.17) is 0 Å². The molecular formula is C18H28N6O. The van der Waals surface area contributed by atoms with Crippen LogP contribution in [0.1, 0.15) is 29.8 Å². The van der Waals surface area contributed by atoms with Crippen LogP contribution in [0.25, 0.3) is 0 Å². The molecule has 0 unspecified atom stereocenters. The Kier molecular flexibility index (Phi) is 5.53. The highest BCUT2D eigenvalue weighted by Gasteiger charge is 2.19. The first-order valence-electron chi connectivity index (χ1n) is 9.00. The van der Waals surface area contributed by atoms with Gasteiger partial charge in [-0.15, -0.1) is 0 Å². The number of aromatic nitrogens is 4. The van der Waals surface area contributed by atoms with E-state index in [2.05, 4.69) is 21.3 Å². The van der Waals surface area contributed by atoms with Crippen molar-refractivity contribution in [3.05, 3.63) is 35.4 Å². The number of rotatable bonds is 5. The number of hydrogen-bond donors (Lipinski definition) is 0. The monoisotopic (exact) mass is 344 g/mol. The predicted molar refractivity (Wildman–Crippen MR) is 96.0 cm³/mol. The number of hydrogen-bond acceptors (Lipinski definition) is 4. The second-order valence-electron chi connectivity index (χ2n) is 6.93. The fourth-order valence-corrected chi connectivity index (χ4v) is 3.45. The number of carbonyl (C=O) groups is 1. The van der Waals surface area contributed by atoms with Gasteiger partial charge in [-0.2, -0.15) is 10.2 Å². The van der Waals surface area contributed by atoms with Crippen LogP contribution >= 0.6 is 0 Å². The molecule has 0 saturated carbocycles. The maximum Gasteiger partial charge on any atom is 0.224 e. The zero-order valence-corrected chi connectivity index (χ0v) is 15.5. The molecule has 0 radical (unpaired) electrons. The zero-order valence-electron chi connectivity index (χ0n) is 15.5. The normalized spacial score (nSPS) is 16.2. The van der Waals surface area contributed by atoms with E-state index >= 15 is 0 Å². The van der Waals surface area contributed by atoms with Gasteiger partial charge in [0.1, 0.15) is 0 Å². The average Bonchev–Trinajstić information content (AvgIpc) is 3.02. The summed E-state index contributed by atoms with van der Waals surface area (Å²) >= 11 is 0. The van der Waals surface area contributed by atoms with Crippen molar-refractivity contribution in [3.8, 4) is 0 Å². The van der Waals surface area contributed by atoms with Gasteiger partial charge in [0.25, 0.3) is 0 Å². The van der Waals surface area contributed by atoms with Gasteiger partial charge >= 0.3 is 0 Å². The quantitative estimate of drug-likeness (QED) is 0.822. The molecule has 1 fully saturated rings. The molecule has 0 spiro atoms. The minimum absolute atomic E-state index is 0.232. The Hall–Kier alpha value is -2.15. The first-order valence-corrected chi connectivity index (χ1v) is 9.00. The van der Waals surface area contributed by atoms with Gasteiger partial charge < -0.3 is 4.90 Å². The van der Waals surface area contributed by atoms with Gasteiger partial charge in [-0.1, -0.05) is 0 Å². The van der Waals surface area contributed by atoms with Crippen molar-refractivity contribution in [1.29, 1.82) is 0 Å². The van der Waals surface area contributed by atoms with Crippen LogP contribution in [0.3, 0.4) is 0 Å². The highest BCUT2D eigenvalue weighted by Crippen LogP contribution is 2.10. The fourth-order valence-electron chi connectivity index (χ4n) is 3.45. The van der Waals surface area contributed by atoms with Crippen molar-refractivity contribution in [2.24, 2.45) is 7.05 Å². The van der Waals surface area contributed by atoms with Gasteiger partial charge in [0.2, 0.25) is 5.91 Å². The second-order valence-corrected chi connectivity index (χ2v) is 6.93. The van der Waals surface area contributed by atoms with Crippen molar-refractivity contribution >= 4 is 5.91 Å². The average molecular weight is 344 g/mol. The maximum atomic E-state index is 12.6. The van der Waals surface area contributed by atoms with Crippen molar-refractivity contribution in [2.45, 2.75) is 39.8 Å². The minimum atomic E-state index is 0.232. The van der Waals surface area contributed by atoms with E-state index in [1.54, 1.807) is 0 Å². The summed E-state index contributed by atoms with van der Waals surface area (Å²) < 4.78 is 3.77. The zero-order chi connectivity index (χ0) is 17.8. The summed E-state index contributed by atoms with van der Waals surface area (Å²) in [4.78, 5) is 17.0. The largest absolute Gasteiger partial charge is 0.341 e. The second kappa shape index (κ2) is 7.82. The van der Waals surface area contributed by atoms with Crippen LogP contribution in [0, 0.1) is 13.8 Å². The number of carbonyl (C=O) groups excluding carboxylic acids is 1. The van der Waals surface area contributed by atoms with E-state index in [-0.39, 0.29) is 5.91 Å². The van der Waals surface area contributed by atoms with Crippen LogP contribution in [0.15, 0.2) is 18.5 Å². The Bertz CT molecular complexity index is 719. The lowest BCUT2D eigenvalue weighted by Gasteiger charge is -2.22. The summed E-state index contributed by atoms with van der Waals surface area (Å²) in [5, 5.41) is 8.66. The van der Waals surface area contributed by atoms with Gasteiger partial charge in [-0.25, -0.2) is 0 Å². The third-order valence-electron chi connectivity index (χ3n) is 4.75. The first kappa shape index (κ1) is 17.7. The van der Waals surface area contributed by atoms with E-state index in [1.165, 1.54) is 5.56 Å². The molecule has 1 saturated heterocycles. The molecule has 25 heavy (non-hydrogen) atoms. The molecule has 1 amide bonds. The Balaban J connectivity index is 1.48. The molecule has 0 aromatic carbocycles. The van der Waals surface area contributed by atoms with E-state index < -0.39 is 0 Å². The molecule has 0 N–H and O–H groups in total. The molecule has 3 rings (SSSR count). The van der Waals surface area contributed by atoms with Gasteiger partial charge in [0, 0.05) is 70.2 Å². The summed E-state index contributed by atoms with van der Waals surface area (Å²) in [5.74, 6) is 0.232. The smallest absolute Gasteiger partial charge is 0.224 e. The molecular weight excluding hydrogens is 316 g/mol. The molecule has 7 nitrogen and oxygen atoms in total. The van der Waals surface area contributed by atoms with Crippen molar-refractivity contribution < 1.29 is 4.79 Å². The molecule has 2 aromatic rings. The van der Waals surface area contributed by atoms with Crippen LogP contribution in [-0.4, -0.2) is 61.4 Å². The van der Waals surface area contributed by atoms with Crippen LogP contribution in [0.4, 0.5) is 0 Å². The van der Waals surface area contributed by atoms with Crippen molar-refractivity contribution in [1.82, 2.24) is 29.4 Å². The summed E-state index contributed by atoms with van der Waals surface area (Å²) in [6.45, 7) is 9.17. The Labute approximate surface area is 149 Å². The highest BCUT2D eigenvalue weighted by molar-refractivity contribution is 5.76. The maximum absolute atomic E-state index is 12.6. The number of aryl methyl sites for hydroxylation is 4. The van der Waals surface area contributed by atoms with Gasteiger partial charge in [-0.05, 0) is 26.3 Å². The molecule has 0 atom stereocenters. The van der Waals surface area contributed by atoms with Gasteiger partial charge in [-0.3, -0.25) is 19.1 Å². The number of amides is 1. The van der Waals surface area contributed by atoms with E-state index in [0.29, 0.717) is 13.0 Å². The molecule has 2 aromatic heterocycles. The van der Waals surface area contributed by atoms with Crippen LogP contribution in [0.2, 0.25) is 0 Å². The summed E-state index contributed by atoms with van der Waals surface area (Å²) in [7, 11) is 1.94. The third-order valence-corrected chi connectivity index (χ3v) is 4.75. The third kappa shape index (κ3) is 4.69. The Morgan fingerprint density at radius 3 is 2.72 bits per heavy atom. The predicted octanol–water partition coefficient (Wildman–Crippen LogP) is 1.36. The standard InChI is InChI=1S/C18H28N6O/c1-15-11-16(2)24(20-15)8-5-18(25)23-7-4-6-22(9-10-23)14-17-12-19-21(3)13-17/h11-13H,4-10,14H2,1-3H3. The van der Waals surface area contributed by atoms with Gasteiger partial charge in [0.15, 0.2) is 0 Å². The number of nitrogens with zero attached hydrogens (tertiary/aromatic N) is 6. The van der Waals surface area contributed by atoms with Gasteiger partial charge in [0.05, 0.1) is 11.9 Å². The molecule has 3 heterocycles. The topological polar surface area (TPSA) is 59.2 Å². The lowest BCUT2D eigenvalue weighted by atomic mass is 10.3. The molecule has 1 aliphatic rings.